The molecule has 1 fully saturated rings. The number of esters is 1. The summed E-state index contributed by atoms with van der Waals surface area (Å²) < 4.78 is 11.2. The summed E-state index contributed by atoms with van der Waals surface area (Å²) in [5.41, 5.74) is 7.52. The number of aryl methyl sites for hydroxylation is 1. The highest BCUT2D eigenvalue weighted by atomic mass is 16.5. The van der Waals surface area contributed by atoms with Crippen LogP contribution in [-0.4, -0.2) is 54.0 Å². The van der Waals surface area contributed by atoms with Gasteiger partial charge in [0.05, 0.1) is 19.1 Å². The first-order valence-electron chi connectivity index (χ1n) is 12.2. The maximum atomic E-state index is 13.5. The van der Waals surface area contributed by atoms with Crippen molar-refractivity contribution in [2.75, 3.05) is 13.2 Å². The number of amides is 2. The van der Waals surface area contributed by atoms with Gasteiger partial charge in [-0.15, -0.1) is 0 Å². The molecule has 0 aliphatic carbocycles. The average molecular weight is 472 g/mol. The number of ether oxygens (including phenoxy) is 1. The molecule has 2 amide bonds. The highest BCUT2D eigenvalue weighted by Crippen LogP contribution is 2.32. The summed E-state index contributed by atoms with van der Waals surface area (Å²) in [7, 11) is 0. The maximum Gasteiger partial charge on any atom is 0.306 e. The zero-order valence-corrected chi connectivity index (χ0v) is 20.6. The van der Waals surface area contributed by atoms with Crippen LogP contribution in [0.5, 0.6) is 0 Å². The van der Waals surface area contributed by atoms with Gasteiger partial charge in [0.2, 0.25) is 11.8 Å². The predicted octanol–water partition coefficient (Wildman–Crippen LogP) is 2.95. The van der Waals surface area contributed by atoms with Crippen LogP contribution in [0.15, 0.2) is 28.7 Å². The molecule has 3 atom stereocenters. The lowest BCUT2D eigenvalue weighted by Gasteiger charge is -2.31. The quantitative estimate of drug-likeness (QED) is 0.515. The topological polar surface area (TPSA) is 115 Å². The third-order valence-corrected chi connectivity index (χ3v) is 6.39. The van der Waals surface area contributed by atoms with Gasteiger partial charge in [-0.05, 0) is 45.1 Å². The van der Waals surface area contributed by atoms with E-state index in [9.17, 15) is 14.4 Å². The van der Waals surface area contributed by atoms with Gasteiger partial charge in [0.1, 0.15) is 17.4 Å². The number of para-hydroxylation sites is 1. The lowest BCUT2D eigenvalue weighted by atomic mass is 9.97. The largest absolute Gasteiger partial charge is 0.466 e. The van der Waals surface area contributed by atoms with Crippen LogP contribution in [0.25, 0.3) is 11.0 Å². The fourth-order valence-corrected chi connectivity index (χ4v) is 4.57. The van der Waals surface area contributed by atoms with Gasteiger partial charge in [0.15, 0.2) is 0 Å². The first-order chi connectivity index (χ1) is 16.2. The molecule has 3 rings (SSSR count). The molecule has 0 saturated carbocycles. The van der Waals surface area contributed by atoms with E-state index in [1.54, 1.807) is 13.8 Å². The van der Waals surface area contributed by atoms with Gasteiger partial charge in [0, 0.05) is 30.0 Å². The van der Waals surface area contributed by atoms with E-state index in [1.165, 1.54) is 0 Å². The Bertz CT molecular complexity index is 1010. The number of likely N-dealkylation sites (tertiary alicyclic amines) is 1. The average Bonchev–Trinajstić information content (AvgIpc) is 3.40. The molecule has 8 heteroatoms. The second-order valence-electron chi connectivity index (χ2n) is 9.36. The summed E-state index contributed by atoms with van der Waals surface area (Å²) in [6, 6.07) is 6.51. The maximum absolute atomic E-state index is 13.5. The molecule has 1 aliphatic rings. The van der Waals surface area contributed by atoms with Crippen molar-refractivity contribution in [1.82, 2.24) is 10.2 Å². The van der Waals surface area contributed by atoms with E-state index in [-0.39, 0.29) is 36.2 Å². The van der Waals surface area contributed by atoms with E-state index in [0.29, 0.717) is 26.0 Å². The Morgan fingerprint density at radius 1 is 1.24 bits per heavy atom. The van der Waals surface area contributed by atoms with Gasteiger partial charge < -0.3 is 25.1 Å². The number of rotatable bonds is 10. The molecule has 2 aromatic rings. The second kappa shape index (κ2) is 11.5. The number of hydrogen-bond acceptors (Lipinski definition) is 6. The number of hydrogen-bond donors (Lipinski definition) is 2. The van der Waals surface area contributed by atoms with E-state index in [2.05, 4.69) is 5.32 Å². The third-order valence-electron chi connectivity index (χ3n) is 6.39. The van der Waals surface area contributed by atoms with Crippen LogP contribution in [-0.2, 0) is 32.0 Å². The van der Waals surface area contributed by atoms with Crippen LogP contribution < -0.4 is 11.1 Å². The Kier molecular flexibility index (Phi) is 8.72. The van der Waals surface area contributed by atoms with Gasteiger partial charge in [-0.25, -0.2) is 0 Å². The molecule has 1 aliphatic heterocycles. The number of carbonyl (C=O) groups is 3. The van der Waals surface area contributed by atoms with Gasteiger partial charge in [-0.1, -0.05) is 32.0 Å². The van der Waals surface area contributed by atoms with Crippen molar-refractivity contribution >= 4 is 28.8 Å². The van der Waals surface area contributed by atoms with Gasteiger partial charge >= 0.3 is 5.97 Å². The van der Waals surface area contributed by atoms with Crippen LogP contribution in [0.3, 0.4) is 0 Å². The number of nitrogens with one attached hydrogen (secondary N) is 1. The molecule has 1 saturated heterocycles. The summed E-state index contributed by atoms with van der Waals surface area (Å²) in [6.45, 7) is 8.24. The van der Waals surface area contributed by atoms with Crippen LogP contribution in [0.2, 0.25) is 0 Å². The summed E-state index contributed by atoms with van der Waals surface area (Å²) in [5, 5.41) is 3.84. The van der Waals surface area contributed by atoms with Crippen molar-refractivity contribution in [3.8, 4) is 0 Å². The van der Waals surface area contributed by atoms with Crippen molar-refractivity contribution in [3.63, 3.8) is 0 Å². The normalized spacial score (nSPS) is 17.7. The number of fused-ring (bicyclic) bond motifs is 1. The highest BCUT2D eigenvalue weighted by Gasteiger charge is 2.36. The molecule has 0 radical (unpaired) electrons. The fraction of sp³-hybridized carbons (Fsp3) is 0.577. The Balaban J connectivity index is 1.82. The zero-order valence-electron chi connectivity index (χ0n) is 20.6. The zero-order chi connectivity index (χ0) is 24.8. The number of carbonyl (C=O) groups excluding carboxylic acids is 3. The van der Waals surface area contributed by atoms with Gasteiger partial charge in [0.25, 0.3) is 0 Å². The Morgan fingerprint density at radius 3 is 2.65 bits per heavy atom. The predicted molar refractivity (Wildman–Crippen MR) is 130 cm³/mol. The Labute approximate surface area is 201 Å². The van der Waals surface area contributed by atoms with Crippen LogP contribution >= 0.6 is 0 Å². The molecule has 0 spiro atoms. The molecule has 1 aromatic heterocycles. The smallest absolute Gasteiger partial charge is 0.306 e. The lowest BCUT2D eigenvalue weighted by Crippen LogP contribution is -2.55. The highest BCUT2D eigenvalue weighted by molar-refractivity contribution is 5.90. The van der Waals surface area contributed by atoms with Gasteiger partial charge in [-0.3, -0.25) is 14.4 Å². The molecule has 8 nitrogen and oxygen atoms in total. The monoisotopic (exact) mass is 471 g/mol. The second-order valence-corrected chi connectivity index (χ2v) is 9.36. The van der Waals surface area contributed by atoms with E-state index in [4.69, 9.17) is 14.9 Å². The molecular formula is C26H37N3O5. The Morgan fingerprint density at radius 2 is 1.97 bits per heavy atom. The fourth-order valence-electron chi connectivity index (χ4n) is 4.57. The van der Waals surface area contributed by atoms with E-state index < -0.39 is 12.1 Å². The number of nitrogens with two attached hydrogens (primary N) is 1. The minimum Gasteiger partial charge on any atom is -0.466 e. The lowest BCUT2D eigenvalue weighted by molar-refractivity contribution is -0.143. The van der Waals surface area contributed by atoms with Crippen LogP contribution in [0.4, 0.5) is 0 Å². The van der Waals surface area contributed by atoms with Crippen LogP contribution in [0, 0.1) is 5.92 Å². The first-order valence-corrected chi connectivity index (χ1v) is 12.2. The van der Waals surface area contributed by atoms with Crippen molar-refractivity contribution in [2.24, 2.45) is 11.7 Å². The van der Waals surface area contributed by atoms with Crippen molar-refractivity contribution in [1.29, 1.82) is 0 Å². The molecule has 1 aromatic carbocycles. The SMILES string of the molecule is CCOC(=O)CCc1oc2ccccc2c1CC1CCCN1C(=O)C(NC(=O)C(C)N)C(C)C. The molecule has 186 valence electrons. The Hall–Kier alpha value is -2.87. The van der Waals surface area contributed by atoms with Crippen molar-refractivity contribution in [3.05, 3.63) is 35.6 Å². The first kappa shape index (κ1) is 25.7. The van der Waals surface area contributed by atoms with Gasteiger partial charge in [-0.2, -0.15) is 0 Å². The number of nitrogens with zero attached hydrogens (tertiary/aromatic N) is 1. The summed E-state index contributed by atoms with van der Waals surface area (Å²) >= 11 is 0. The van der Waals surface area contributed by atoms with E-state index in [0.717, 1.165) is 35.1 Å². The molecule has 3 unspecified atom stereocenters. The minimum atomic E-state index is -0.678. The molecule has 3 N–H and O–H groups in total. The molecule has 0 bridgehead atoms. The van der Waals surface area contributed by atoms with Crippen molar-refractivity contribution in [2.45, 2.75) is 77.9 Å². The summed E-state index contributed by atoms with van der Waals surface area (Å²) in [6.07, 6.45) is 3.09. The molecule has 2 heterocycles. The number of benzene rings is 1. The molecule has 34 heavy (non-hydrogen) atoms. The van der Waals surface area contributed by atoms with Crippen molar-refractivity contribution < 1.29 is 23.5 Å². The van der Waals surface area contributed by atoms with E-state index >= 15 is 0 Å². The third kappa shape index (κ3) is 5.97. The summed E-state index contributed by atoms with van der Waals surface area (Å²) in [4.78, 5) is 39.6. The standard InChI is InChI=1S/C26H37N3O5/c1-5-33-23(30)13-12-22-20(19-10-6-7-11-21(19)34-22)15-18-9-8-14-29(18)26(32)24(16(2)3)28-25(31)17(4)27/h6-7,10-11,16-18,24H,5,8-9,12-15,27H2,1-4H3,(H,28,31). The molecular weight excluding hydrogens is 434 g/mol. The van der Waals surface area contributed by atoms with Crippen LogP contribution in [0.1, 0.15) is 58.3 Å². The summed E-state index contributed by atoms with van der Waals surface area (Å²) in [5.74, 6) is 0.0408. The van der Waals surface area contributed by atoms with E-state index in [1.807, 2.05) is 43.0 Å². The number of furan rings is 1. The minimum absolute atomic E-state index is 0.0108.